The maximum Gasteiger partial charge on any atom is 0.325 e. The SMILES string of the molecule is O=C(CN1C(=O)NC2(CCc3ccccc32)C1=O)Nc1c(-c2ccc(F)cc2)nc2sccn12. The van der Waals surface area contributed by atoms with Gasteiger partial charge in [0.25, 0.3) is 5.91 Å². The maximum atomic E-state index is 13.4. The average molecular weight is 476 g/mol. The van der Waals surface area contributed by atoms with E-state index in [4.69, 9.17) is 0 Å². The molecule has 2 aromatic carbocycles. The quantitative estimate of drug-likeness (QED) is 0.442. The van der Waals surface area contributed by atoms with E-state index in [9.17, 15) is 18.8 Å². The van der Waals surface area contributed by atoms with E-state index < -0.39 is 29.9 Å². The Labute approximate surface area is 197 Å². The number of carbonyl (C=O) groups is 3. The summed E-state index contributed by atoms with van der Waals surface area (Å²) in [7, 11) is 0. The Balaban J connectivity index is 1.27. The summed E-state index contributed by atoms with van der Waals surface area (Å²) < 4.78 is 15.1. The molecule has 3 heterocycles. The third-order valence-corrected chi connectivity index (χ3v) is 7.12. The number of hydrogen-bond donors (Lipinski definition) is 2. The second-order valence-electron chi connectivity index (χ2n) is 8.30. The van der Waals surface area contributed by atoms with E-state index in [1.54, 1.807) is 22.7 Å². The molecule has 1 atom stereocenters. The minimum atomic E-state index is -1.12. The zero-order valence-electron chi connectivity index (χ0n) is 17.7. The number of aromatic nitrogens is 2. The average Bonchev–Trinajstić information content (AvgIpc) is 3.57. The summed E-state index contributed by atoms with van der Waals surface area (Å²) in [6.45, 7) is -0.436. The zero-order valence-corrected chi connectivity index (χ0v) is 18.6. The highest BCUT2D eigenvalue weighted by Crippen LogP contribution is 2.41. The summed E-state index contributed by atoms with van der Waals surface area (Å²) in [6, 6.07) is 12.7. The first-order valence-corrected chi connectivity index (χ1v) is 11.6. The Morgan fingerprint density at radius 1 is 1.18 bits per heavy atom. The van der Waals surface area contributed by atoms with Gasteiger partial charge in [-0.05, 0) is 48.2 Å². The lowest BCUT2D eigenvalue weighted by atomic mass is 9.92. The van der Waals surface area contributed by atoms with Crippen LogP contribution in [0.5, 0.6) is 0 Å². The Bertz CT molecular complexity index is 1480. The molecule has 1 aliphatic carbocycles. The molecule has 2 aromatic heterocycles. The number of nitrogens with one attached hydrogen (secondary N) is 2. The van der Waals surface area contributed by atoms with E-state index in [0.717, 1.165) is 16.0 Å². The molecule has 1 saturated heterocycles. The third kappa shape index (κ3) is 3.02. The maximum absolute atomic E-state index is 13.4. The number of amides is 4. The van der Waals surface area contributed by atoms with Crippen molar-refractivity contribution in [1.82, 2.24) is 19.6 Å². The van der Waals surface area contributed by atoms with E-state index in [-0.39, 0.29) is 5.82 Å². The molecule has 0 bridgehead atoms. The Hall–Kier alpha value is -4.05. The minimum absolute atomic E-state index is 0.378. The van der Waals surface area contributed by atoms with Gasteiger partial charge in [0.1, 0.15) is 29.4 Å². The van der Waals surface area contributed by atoms with Crippen molar-refractivity contribution >= 4 is 40.0 Å². The molecule has 10 heteroatoms. The van der Waals surface area contributed by atoms with Gasteiger partial charge in [-0.25, -0.2) is 14.2 Å². The smallest absolute Gasteiger partial charge is 0.319 e. The van der Waals surface area contributed by atoms with Crippen LogP contribution in [0.4, 0.5) is 15.0 Å². The summed E-state index contributed by atoms with van der Waals surface area (Å²) >= 11 is 1.38. The fourth-order valence-corrected chi connectivity index (χ4v) is 5.48. The van der Waals surface area contributed by atoms with Gasteiger partial charge in [-0.2, -0.15) is 0 Å². The molecule has 0 saturated carbocycles. The van der Waals surface area contributed by atoms with Crippen molar-refractivity contribution < 1.29 is 18.8 Å². The number of imide groups is 1. The lowest BCUT2D eigenvalue weighted by molar-refractivity contribution is -0.134. The van der Waals surface area contributed by atoms with Gasteiger partial charge in [0.2, 0.25) is 5.91 Å². The highest BCUT2D eigenvalue weighted by atomic mass is 32.1. The molecule has 1 fully saturated rings. The molecule has 34 heavy (non-hydrogen) atoms. The number of halogens is 1. The number of aryl methyl sites for hydroxylation is 1. The second-order valence-corrected chi connectivity index (χ2v) is 9.18. The van der Waals surface area contributed by atoms with Crippen molar-refractivity contribution in [3.8, 4) is 11.3 Å². The molecule has 1 aliphatic heterocycles. The van der Waals surface area contributed by atoms with Crippen LogP contribution < -0.4 is 10.6 Å². The summed E-state index contributed by atoms with van der Waals surface area (Å²) in [5.74, 6) is -0.953. The molecule has 1 spiro atoms. The van der Waals surface area contributed by atoms with Gasteiger partial charge in [-0.3, -0.25) is 18.9 Å². The highest BCUT2D eigenvalue weighted by molar-refractivity contribution is 7.15. The monoisotopic (exact) mass is 475 g/mol. The number of benzene rings is 2. The highest BCUT2D eigenvalue weighted by Gasteiger charge is 2.55. The van der Waals surface area contributed by atoms with E-state index in [1.165, 1.54) is 23.5 Å². The van der Waals surface area contributed by atoms with E-state index in [0.29, 0.717) is 34.9 Å². The van der Waals surface area contributed by atoms with Crippen LogP contribution in [0.1, 0.15) is 17.5 Å². The van der Waals surface area contributed by atoms with Gasteiger partial charge in [-0.15, -0.1) is 11.3 Å². The number of rotatable bonds is 4. The molecule has 8 nitrogen and oxygen atoms in total. The van der Waals surface area contributed by atoms with Gasteiger partial charge in [0, 0.05) is 17.1 Å². The number of urea groups is 1. The normalized spacial score (nSPS) is 19.1. The predicted octanol–water partition coefficient (Wildman–Crippen LogP) is 3.53. The zero-order chi connectivity index (χ0) is 23.4. The fraction of sp³-hybridized carbons (Fsp3) is 0.167. The lowest BCUT2D eigenvalue weighted by Gasteiger charge is -2.22. The van der Waals surface area contributed by atoms with Crippen LogP contribution in [-0.4, -0.2) is 38.7 Å². The Morgan fingerprint density at radius 2 is 1.97 bits per heavy atom. The number of carbonyl (C=O) groups excluding carboxylic acids is 3. The lowest BCUT2D eigenvalue weighted by Crippen LogP contribution is -2.43. The number of hydrogen-bond acceptors (Lipinski definition) is 5. The molecule has 1 unspecified atom stereocenters. The first-order chi connectivity index (χ1) is 16.5. The summed E-state index contributed by atoms with van der Waals surface area (Å²) in [5, 5.41) is 7.45. The summed E-state index contributed by atoms with van der Waals surface area (Å²) in [4.78, 5) is 45.3. The number of anilines is 1. The molecule has 6 rings (SSSR count). The number of imidazole rings is 1. The second kappa shape index (κ2) is 7.49. The van der Waals surface area contributed by atoms with Crippen LogP contribution in [0.2, 0.25) is 0 Å². The standard InChI is InChI=1S/C24H18FN5O3S/c25-16-7-5-15(6-8-16)19-20(29-11-12-34-23(29)27-19)26-18(31)13-30-21(32)24(28-22(30)33)10-9-14-3-1-2-4-17(14)24/h1-8,11-12H,9-10,13H2,(H,26,31)(H,28,33). The van der Waals surface area contributed by atoms with Crippen molar-refractivity contribution in [2.24, 2.45) is 0 Å². The molecule has 0 radical (unpaired) electrons. The van der Waals surface area contributed by atoms with E-state index in [2.05, 4.69) is 15.6 Å². The van der Waals surface area contributed by atoms with Gasteiger partial charge >= 0.3 is 6.03 Å². The molecular formula is C24H18FN5O3S. The van der Waals surface area contributed by atoms with Crippen LogP contribution in [0, 0.1) is 5.82 Å². The van der Waals surface area contributed by atoms with Crippen LogP contribution in [-0.2, 0) is 21.5 Å². The first-order valence-electron chi connectivity index (χ1n) is 10.7. The third-order valence-electron chi connectivity index (χ3n) is 6.36. The molecular weight excluding hydrogens is 457 g/mol. The van der Waals surface area contributed by atoms with Gasteiger partial charge in [-0.1, -0.05) is 24.3 Å². The van der Waals surface area contributed by atoms with Crippen LogP contribution in [0.3, 0.4) is 0 Å². The Kier molecular flexibility index (Phi) is 4.53. The number of fused-ring (bicyclic) bond motifs is 3. The van der Waals surface area contributed by atoms with Crippen molar-refractivity contribution in [1.29, 1.82) is 0 Å². The predicted molar refractivity (Wildman–Crippen MR) is 124 cm³/mol. The molecule has 170 valence electrons. The molecule has 4 amide bonds. The largest absolute Gasteiger partial charge is 0.325 e. The van der Waals surface area contributed by atoms with Gasteiger partial charge < -0.3 is 10.6 Å². The minimum Gasteiger partial charge on any atom is -0.319 e. The van der Waals surface area contributed by atoms with Crippen molar-refractivity contribution in [2.45, 2.75) is 18.4 Å². The number of nitrogens with zero attached hydrogens (tertiary/aromatic N) is 3. The first kappa shape index (κ1) is 20.5. The van der Waals surface area contributed by atoms with Gasteiger partial charge in [0.15, 0.2) is 4.96 Å². The van der Waals surface area contributed by atoms with Crippen LogP contribution >= 0.6 is 11.3 Å². The van der Waals surface area contributed by atoms with Gasteiger partial charge in [0.05, 0.1) is 0 Å². The summed E-state index contributed by atoms with van der Waals surface area (Å²) in [5.41, 5.74) is 1.78. The Morgan fingerprint density at radius 3 is 2.79 bits per heavy atom. The number of thiazole rings is 1. The van der Waals surface area contributed by atoms with E-state index >= 15 is 0 Å². The fourth-order valence-electron chi connectivity index (χ4n) is 4.76. The summed E-state index contributed by atoms with van der Waals surface area (Å²) in [6.07, 6.45) is 2.89. The van der Waals surface area contributed by atoms with Crippen molar-refractivity contribution in [3.63, 3.8) is 0 Å². The van der Waals surface area contributed by atoms with Crippen molar-refractivity contribution in [3.05, 3.63) is 77.1 Å². The molecule has 2 N–H and O–H groups in total. The van der Waals surface area contributed by atoms with Crippen molar-refractivity contribution in [2.75, 3.05) is 11.9 Å². The molecule has 2 aliphatic rings. The van der Waals surface area contributed by atoms with Crippen LogP contribution in [0.15, 0.2) is 60.1 Å². The van der Waals surface area contributed by atoms with Crippen LogP contribution in [0.25, 0.3) is 16.2 Å². The van der Waals surface area contributed by atoms with E-state index in [1.807, 2.05) is 29.6 Å². The topological polar surface area (TPSA) is 95.8 Å². The molecule has 4 aromatic rings.